The van der Waals surface area contributed by atoms with Crippen LogP contribution in [0.15, 0.2) is 23.8 Å². The molecular formula is C69H122O4. The van der Waals surface area contributed by atoms with Gasteiger partial charge in [-0.05, 0) is 143 Å². The lowest BCUT2D eigenvalue weighted by Gasteiger charge is -2.58. The molecule has 0 aromatic carbocycles. The van der Waals surface area contributed by atoms with E-state index in [4.69, 9.17) is 4.74 Å². The molecule has 0 heterocycles. The molecule has 0 N–H and O–H groups in total. The molecule has 4 heteroatoms. The van der Waals surface area contributed by atoms with Gasteiger partial charge in [0.15, 0.2) is 0 Å². The van der Waals surface area contributed by atoms with Crippen LogP contribution in [-0.2, 0) is 19.1 Å². The number of hydrogen-bond acceptors (Lipinski definition) is 4. The first-order valence-corrected chi connectivity index (χ1v) is 33.1. The molecule has 3 saturated carbocycles. The lowest BCUT2D eigenvalue weighted by molar-refractivity contribution is -0.151. The van der Waals surface area contributed by atoms with Gasteiger partial charge in [0.1, 0.15) is 17.7 Å². The Labute approximate surface area is 454 Å². The van der Waals surface area contributed by atoms with Gasteiger partial charge in [-0.2, -0.15) is 0 Å². The summed E-state index contributed by atoms with van der Waals surface area (Å²) < 4.78 is 6.20. The normalized spacial score (nSPS) is 25.6. The van der Waals surface area contributed by atoms with E-state index in [9.17, 15) is 14.4 Å². The predicted molar refractivity (Wildman–Crippen MR) is 314 cm³/mol. The fourth-order valence-electron chi connectivity index (χ4n) is 15.8. The molecule has 0 radical (unpaired) electrons. The Morgan fingerprint density at radius 3 is 1.55 bits per heavy atom. The van der Waals surface area contributed by atoms with E-state index < -0.39 is 5.92 Å². The fraction of sp³-hybridized carbons (Fsp3) is 0.899. The molecule has 73 heavy (non-hydrogen) atoms. The van der Waals surface area contributed by atoms with Crippen LogP contribution < -0.4 is 0 Å². The molecule has 4 nitrogen and oxygen atoms in total. The number of Topliss-reactive ketones (excluding diaryl/α,β-unsaturated/α-hetero) is 2. The summed E-state index contributed by atoms with van der Waals surface area (Å²) in [5.41, 5.74) is 2.27. The van der Waals surface area contributed by atoms with Crippen LogP contribution in [0.3, 0.4) is 0 Å². The predicted octanol–water partition coefficient (Wildman–Crippen LogP) is 21.6. The van der Waals surface area contributed by atoms with Crippen molar-refractivity contribution in [3.63, 3.8) is 0 Å². The number of carbonyl (C=O) groups is 3. The molecule has 0 aliphatic heterocycles. The van der Waals surface area contributed by atoms with E-state index in [-0.39, 0.29) is 35.0 Å². The number of unbranched alkanes of at least 4 members (excludes halogenated alkanes) is 27. The van der Waals surface area contributed by atoms with E-state index in [2.05, 4.69) is 66.7 Å². The third kappa shape index (κ3) is 22.3. The van der Waals surface area contributed by atoms with Crippen LogP contribution in [-0.4, -0.2) is 23.6 Å². The standard InChI is InChI=1S/C69H122O4/c1-8-11-14-17-20-23-24-25-26-27-28-31-34-37-40-46-66(72)73-59-51-53-68(6)58(55-59)47-48-60-62-50-49-61(69(62,7)54-52-63(60)68)56(4)42-41-43-57(5)67(64(70)44-38-35-32-29-21-18-15-12-9-2)65(71)45-39-36-33-30-22-19-16-13-10-3/h25-26,47,56-57,59-63,67H,8-24,27-46,48-55H2,1-7H3/b26-25-/t56-,57?,59+,60+,61-,62+,63+,68+,69-/m1/s1. The van der Waals surface area contributed by atoms with Crippen molar-refractivity contribution in [2.24, 2.45) is 52.3 Å². The first kappa shape index (κ1) is 63.8. The van der Waals surface area contributed by atoms with Crippen LogP contribution in [0.5, 0.6) is 0 Å². The molecule has 0 aromatic rings. The van der Waals surface area contributed by atoms with Gasteiger partial charge in [0.2, 0.25) is 0 Å². The van der Waals surface area contributed by atoms with Gasteiger partial charge in [0.25, 0.3) is 0 Å². The largest absolute Gasteiger partial charge is 0.462 e. The lowest BCUT2D eigenvalue weighted by atomic mass is 9.47. The Morgan fingerprint density at radius 2 is 1.03 bits per heavy atom. The summed E-state index contributed by atoms with van der Waals surface area (Å²) in [6, 6.07) is 0. The molecule has 3 fully saturated rings. The second kappa shape index (κ2) is 37.2. The third-order valence-electron chi connectivity index (χ3n) is 20.4. The van der Waals surface area contributed by atoms with E-state index >= 15 is 0 Å². The smallest absolute Gasteiger partial charge is 0.306 e. The minimum absolute atomic E-state index is 0.0324. The Morgan fingerprint density at radius 1 is 0.548 bits per heavy atom. The van der Waals surface area contributed by atoms with Crippen molar-refractivity contribution in [3.8, 4) is 0 Å². The molecule has 0 saturated heterocycles. The van der Waals surface area contributed by atoms with Crippen molar-refractivity contribution in [1.82, 2.24) is 0 Å². The number of ketones is 2. The van der Waals surface area contributed by atoms with E-state index in [1.54, 1.807) is 5.57 Å². The van der Waals surface area contributed by atoms with E-state index in [0.29, 0.717) is 30.6 Å². The number of carbonyl (C=O) groups excluding carboxylic acids is 3. The Balaban J connectivity index is 1.18. The van der Waals surface area contributed by atoms with Crippen LogP contribution in [0, 0.1) is 52.3 Å². The van der Waals surface area contributed by atoms with Crippen molar-refractivity contribution in [1.29, 1.82) is 0 Å². The van der Waals surface area contributed by atoms with Crippen molar-refractivity contribution in [2.75, 3.05) is 0 Å². The monoisotopic (exact) mass is 1010 g/mol. The van der Waals surface area contributed by atoms with Crippen molar-refractivity contribution in [3.05, 3.63) is 23.8 Å². The third-order valence-corrected chi connectivity index (χ3v) is 20.4. The molecule has 4 aliphatic rings. The highest BCUT2D eigenvalue weighted by molar-refractivity contribution is 6.02. The van der Waals surface area contributed by atoms with Gasteiger partial charge >= 0.3 is 5.97 Å². The van der Waals surface area contributed by atoms with Gasteiger partial charge in [0, 0.05) is 25.7 Å². The molecular weight excluding hydrogens is 893 g/mol. The second-order valence-corrected chi connectivity index (χ2v) is 26.1. The summed E-state index contributed by atoms with van der Waals surface area (Å²) in [6.07, 6.45) is 61.4. The summed E-state index contributed by atoms with van der Waals surface area (Å²) >= 11 is 0. The highest BCUT2D eigenvalue weighted by Gasteiger charge is 2.59. The van der Waals surface area contributed by atoms with Crippen molar-refractivity contribution < 1.29 is 19.1 Å². The molecule has 0 aromatic heterocycles. The van der Waals surface area contributed by atoms with Crippen LogP contribution in [0.25, 0.3) is 0 Å². The van der Waals surface area contributed by atoms with Crippen LogP contribution in [0.1, 0.15) is 337 Å². The Hall–Kier alpha value is -1.71. The van der Waals surface area contributed by atoms with Crippen molar-refractivity contribution >= 4 is 17.5 Å². The topological polar surface area (TPSA) is 60.4 Å². The minimum Gasteiger partial charge on any atom is -0.462 e. The molecule has 0 bridgehead atoms. The summed E-state index contributed by atoms with van der Waals surface area (Å²) in [6.45, 7) is 16.9. The van der Waals surface area contributed by atoms with Crippen molar-refractivity contribution in [2.45, 2.75) is 344 Å². The Kier molecular flexibility index (Phi) is 32.5. The van der Waals surface area contributed by atoms with Crippen LogP contribution in [0.2, 0.25) is 0 Å². The fourth-order valence-corrected chi connectivity index (χ4v) is 15.8. The van der Waals surface area contributed by atoms with Gasteiger partial charge in [-0.3, -0.25) is 14.4 Å². The minimum atomic E-state index is -0.392. The van der Waals surface area contributed by atoms with Gasteiger partial charge in [-0.25, -0.2) is 0 Å². The van der Waals surface area contributed by atoms with Gasteiger partial charge in [0.05, 0.1) is 5.92 Å². The highest BCUT2D eigenvalue weighted by Crippen LogP contribution is 2.67. The molecule has 4 rings (SSSR count). The molecule has 0 spiro atoms. The molecule has 0 amide bonds. The maximum atomic E-state index is 14.0. The van der Waals surface area contributed by atoms with E-state index in [1.807, 2.05) is 0 Å². The van der Waals surface area contributed by atoms with Gasteiger partial charge < -0.3 is 4.74 Å². The maximum absolute atomic E-state index is 14.0. The summed E-state index contributed by atoms with van der Waals surface area (Å²) in [4.78, 5) is 41.0. The van der Waals surface area contributed by atoms with Crippen LogP contribution >= 0.6 is 0 Å². The quantitative estimate of drug-likeness (QED) is 0.0264. The number of fused-ring (bicyclic) bond motifs is 5. The average Bonchev–Trinajstić information content (AvgIpc) is 3.74. The number of esters is 1. The SMILES string of the molecule is CCCCCCCC/C=C\CCCCCCCC(=O)O[C@H]1CC[C@@]2(C)C(=CC[C@H]3[C@@H]4CC[C@H]([C@H](C)CCCC(C)C(C(=O)CCCCCCCCCCC)C(=O)CCCCCCCCCCC)[C@@]4(C)CC[C@@H]32)C1. The molecule has 1 unspecified atom stereocenters. The summed E-state index contributed by atoms with van der Waals surface area (Å²) in [5.74, 6) is 4.07. The lowest BCUT2D eigenvalue weighted by Crippen LogP contribution is -2.51. The van der Waals surface area contributed by atoms with E-state index in [1.165, 1.54) is 199 Å². The average molecular weight is 1020 g/mol. The maximum Gasteiger partial charge on any atom is 0.306 e. The zero-order valence-electron chi connectivity index (χ0n) is 49.8. The van der Waals surface area contributed by atoms with Crippen LogP contribution in [0.4, 0.5) is 0 Å². The number of hydrogen-bond donors (Lipinski definition) is 0. The first-order valence-electron chi connectivity index (χ1n) is 33.1. The highest BCUT2D eigenvalue weighted by atomic mass is 16.5. The summed E-state index contributed by atoms with van der Waals surface area (Å²) in [7, 11) is 0. The first-order chi connectivity index (χ1) is 35.5. The number of ether oxygens (including phenoxy) is 1. The molecule has 4 aliphatic carbocycles. The summed E-state index contributed by atoms with van der Waals surface area (Å²) in [5, 5.41) is 0. The Bertz CT molecular complexity index is 1510. The zero-order chi connectivity index (χ0) is 52.6. The molecule has 9 atom stereocenters. The molecule has 422 valence electrons. The van der Waals surface area contributed by atoms with Gasteiger partial charge in [-0.1, -0.05) is 239 Å². The number of rotatable bonds is 44. The number of allylic oxidation sites excluding steroid dienone is 3. The second-order valence-electron chi connectivity index (χ2n) is 26.1. The van der Waals surface area contributed by atoms with E-state index in [0.717, 1.165) is 94.3 Å². The zero-order valence-corrected chi connectivity index (χ0v) is 49.8. The van der Waals surface area contributed by atoms with Gasteiger partial charge in [-0.15, -0.1) is 0 Å².